The lowest BCUT2D eigenvalue weighted by atomic mass is 10.2. The molecule has 0 saturated heterocycles. The molecule has 134 valence electrons. The molecule has 0 radical (unpaired) electrons. The number of hydrazine groups is 1. The first-order valence-corrected chi connectivity index (χ1v) is 8.40. The van der Waals surface area contributed by atoms with Crippen molar-refractivity contribution in [3.63, 3.8) is 0 Å². The highest BCUT2D eigenvalue weighted by Gasteiger charge is 2.27. The number of hydrogen-bond acceptors (Lipinski definition) is 4. The van der Waals surface area contributed by atoms with Gasteiger partial charge in [0.2, 0.25) is 6.10 Å². The summed E-state index contributed by atoms with van der Waals surface area (Å²) >= 11 is 11.9. The molecular formula is C18H14Cl2N2O4. The number of hydrogen-bond donors (Lipinski definition) is 2. The summed E-state index contributed by atoms with van der Waals surface area (Å²) in [7, 11) is 0. The maximum absolute atomic E-state index is 12.1. The van der Waals surface area contributed by atoms with Crippen LogP contribution in [-0.2, 0) is 9.59 Å². The normalized spacial score (nSPS) is 15.5. The molecule has 0 saturated carbocycles. The van der Waals surface area contributed by atoms with Crippen LogP contribution in [0.3, 0.4) is 0 Å². The van der Waals surface area contributed by atoms with Gasteiger partial charge in [-0.25, -0.2) is 0 Å². The molecule has 1 unspecified atom stereocenters. The Labute approximate surface area is 159 Å². The molecule has 2 aromatic carbocycles. The fourth-order valence-corrected chi connectivity index (χ4v) is 2.58. The Hall–Kier alpha value is -2.70. The second kappa shape index (κ2) is 8.12. The zero-order valence-electron chi connectivity index (χ0n) is 13.4. The fourth-order valence-electron chi connectivity index (χ4n) is 2.21. The van der Waals surface area contributed by atoms with Gasteiger partial charge in [-0.3, -0.25) is 20.4 Å². The van der Waals surface area contributed by atoms with E-state index in [4.69, 9.17) is 32.7 Å². The average Bonchev–Trinajstić information content (AvgIpc) is 2.66. The summed E-state index contributed by atoms with van der Waals surface area (Å²) in [5.41, 5.74) is 5.15. The van der Waals surface area contributed by atoms with Crippen molar-refractivity contribution in [1.29, 1.82) is 0 Å². The average molecular weight is 393 g/mol. The van der Waals surface area contributed by atoms with E-state index in [-0.39, 0.29) is 6.61 Å². The number of benzene rings is 2. The van der Waals surface area contributed by atoms with Crippen molar-refractivity contribution in [2.75, 3.05) is 6.61 Å². The van der Waals surface area contributed by atoms with E-state index >= 15 is 0 Å². The third kappa shape index (κ3) is 4.28. The number of amides is 2. The second-order valence-corrected chi connectivity index (χ2v) is 6.10. The number of rotatable bonds is 3. The molecule has 0 aromatic heterocycles. The Morgan fingerprint density at radius 2 is 1.81 bits per heavy atom. The van der Waals surface area contributed by atoms with E-state index in [1.54, 1.807) is 42.5 Å². The summed E-state index contributed by atoms with van der Waals surface area (Å²) in [6, 6.07) is 12.1. The van der Waals surface area contributed by atoms with E-state index in [0.29, 0.717) is 27.1 Å². The van der Waals surface area contributed by atoms with Crippen molar-refractivity contribution in [3.05, 3.63) is 64.1 Å². The zero-order chi connectivity index (χ0) is 18.5. The van der Waals surface area contributed by atoms with Gasteiger partial charge in [0.05, 0.1) is 10.0 Å². The summed E-state index contributed by atoms with van der Waals surface area (Å²) in [5.74, 6) is -0.0174. The Bertz CT molecular complexity index is 870. The van der Waals surface area contributed by atoms with Crippen LogP contribution in [0.5, 0.6) is 11.5 Å². The number of carbonyl (C=O) groups is 2. The Kier molecular flexibility index (Phi) is 5.65. The first-order valence-electron chi connectivity index (χ1n) is 7.65. The van der Waals surface area contributed by atoms with E-state index in [1.807, 2.05) is 0 Å². The minimum absolute atomic E-state index is 0.0483. The Morgan fingerprint density at radius 1 is 1.04 bits per heavy atom. The molecule has 1 heterocycles. The van der Waals surface area contributed by atoms with Gasteiger partial charge in [0.15, 0.2) is 11.5 Å². The molecule has 26 heavy (non-hydrogen) atoms. The fraction of sp³-hybridized carbons (Fsp3) is 0.111. The quantitative estimate of drug-likeness (QED) is 0.621. The number of nitrogens with one attached hydrogen (secondary N) is 2. The summed E-state index contributed by atoms with van der Waals surface area (Å²) in [6.07, 6.45) is 1.86. The van der Waals surface area contributed by atoms with E-state index < -0.39 is 17.9 Å². The molecule has 3 rings (SSSR count). The van der Waals surface area contributed by atoms with Gasteiger partial charge in [0.1, 0.15) is 6.61 Å². The first kappa shape index (κ1) is 18.1. The summed E-state index contributed by atoms with van der Waals surface area (Å²) in [4.78, 5) is 23.9. The highest BCUT2D eigenvalue weighted by Crippen LogP contribution is 2.30. The Morgan fingerprint density at radius 3 is 2.62 bits per heavy atom. The van der Waals surface area contributed by atoms with E-state index in [1.165, 1.54) is 12.2 Å². The third-order valence-corrected chi connectivity index (χ3v) is 4.34. The van der Waals surface area contributed by atoms with Gasteiger partial charge in [-0.1, -0.05) is 47.5 Å². The molecule has 8 heteroatoms. The van der Waals surface area contributed by atoms with Crippen LogP contribution in [0.1, 0.15) is 5.56 Å². The molecule has 1 aliphatic heterocycles. The molecular weight excluding hydrogens is 379 g/mol. The van der Waals surface area contributed by atoms with E-state index in [0.717, 1.165) is 0 Å². The van der Waals surface area contributed by atoms with E-state index in [2.05, 4.69) is 10.9 Å². The number of halogens is 2. The van der Waals surface area contributed by atoms with Crippen LogP contribution >= 0.6 is 23.2 Å². The molecule has 2 N–H and O–H groups in total. The SMILES string of the molecule is O=C(/C=C/c1cccc(Cl)c1Cl)NNC(=O)C1COc2ccccc2O1. The monoisotopic (exact) mass is 392 g/mol. The van der Waals surface area contributed by atoms with Crippen LogP contribution in [-0.4, -0.2) is 24.5 Å². The van der Waals surface area contributed by atoms with Crippen LogP contribution in [0.15, 0.2) is 48.5 Å². The van der Waals surface area contributed by atoms with Crippen molar-refractivity contribution in [2.45, 2.75) is 6.10 Å². The van der Waals surface area contributed by atoms with Gasteiger partial charge in [-0.05, 0) is 29.8 Å². The molecule has 1 aliphatic rings. The van der Waals surface area contributed by atoms with Crippen molar-refractivity contribution < 1.29 is 19.1 Å². The molecule has 1 atom stereocenters. The lowest BCUT2D eigenvalue weighted by Gasteiger charge is -2.25. The highest BCUT2D eigenvalue weighted by molar-refractivity contribution is 6.42. The minimum Gasteiger partial charge on any atom is -0.485 e. The predicted molar refractivity (Wildman–Crippen MR) is 98.1 cm³/mol. The van der Waals surface area contributed by atoms with Gasteiger partial charge in [-0.15, -0.1) is 0 Å². The highest BCUT2D eigenvalue weighted by atomic mass is 35.5. The standard InChI is InChI=1S/C18H14Cl2N2O4/c19-12-5-3-4-11(17(12)20)8-9-16(23)21-22-18(24)15-10-25-13-6-1-2-7-14(13)26-15/h1-9,15H,10H2,(H,21,23)(H,22,24)/b9-8+. The van der Waals surface area contributed by atoms with Gasteiger partial charge >= 0.3 is 0 Å². The van der Waals surface area contributed by atoms with Crippen LogP contribution in [0, 0.1) is 0 Å². The molecule has 0 fully saturated rings. The van der Waals surface area contributed by atoms with Crippen molar-refractivity contribution >= 4 is 41.1 Å². The molecule has 0 spiro atoms. The van der Waals surface area contributed by atoms with Crippen LogP contribution in [0.25, 0.3) is 6.08 Å². The van der Waals surface area contributed by atoms with Gasteiger partial charge in [-0.2, -0.15) is 0 Å². The largest absolute Gasteiger partial charge is 0.485 e. The van der Waals surface area contributed by atoms with Gasteiger partial charge < -0.3 is 9.47 Å². The lowest BCUT2D eigenvalue weighted by Crippen LogP contribution is -2.50. The molecule has 0 bridgehead atoms. The number of ether oxygens (including phenoxy) is 2. The smallest absolute Gasteiger partial charge is 0.283 e. The minimum atomic E-state index is -0.864. The van der Waals surface area contributed by atoms with Gasteiger partial charge in [0.25, 0.3) is 11.8 Å². The summed E-state index contributed by atoms with van der Waals surface area (Å²) in [5, 5.41) is 0.728. The van der Waals surface area contributed by atoms with Crippen LogP contribution in [0.2, 0.25) is 10.0 Å². The van der Waals surface area contributed by atoms with Crippen molar-refractivity contribution in [2.24, 2.45) is 0 Å². The third-order valence-electron chi connectivity index (χ3n) is 3.51. The molecule has 2 aromatic rings. The molecule has 2 amide bonds. The summed E-state index contributed by atoms with van der Waals surface area (Å²) in [6.45, 7) is 0.0483. The molecule has 0 aliphatic carbocycles. The number of carbonyl (C=O) groups excluding carboxylic acids is 2. The number of fused-ring (bicyclic) bond motifs is 1. The predicted octanol–water partition coefficient (Wildman–Crippen LogP) is 2.99. The second-order valence-electron chi connectivity index (χ2n) is 5.32. The van der Waals surface area contributed by atoms with E-state index in [9.17, 15) is 9.59 Å². The number of para-hydroxylation sites is 2. The van der Waals surface area contributed by atoms with Crippen LogP contribution < -0.4 is 20.3 Å². The first-order chi connectivity index (χ1) is 12.5. The van der Waals surface area contributed by atoms with Crippen molar-refractivity contribution in [1.82, 2.24) is 10.9 Å². The Balaban J connectivity index is 1.52. The van der Waals surface area contributed by atoms with Gasteiger partial charge in [0, 0.05) is 6.08 Å². The zero-order valence-corrected chi connectivity index (χ0v) is 14.9. The van der Waals surface area contributed by atoms with Crippen molar-refractivity contribution in [3.8, 4) is 11.5 Å². The summed E-state index contributed by atoms with van der Waals surface area (Å²) < 4.78 is 11.0. The topological polar surface area (TPSA) is 76.7 Å². The lowest BCUT2D eigenvalue weighted by molar-refractivity contribution is -0.134. The maximum Gasteiger partial charge on any atom is 0.283 e. The molecule has 6 nitrogen and oxygen atoms in total. The maximum atomic E-state index is 12.1. The van der Waals surface area contributed by atoms with Crippen LogP contribution in [0.4, 0.5) is 0 Å².